The molecule has 0 unspecified atom stereocenters. The largest absolute Gasteiger partial charge is 0.311 e. The summed E-state index contributed by atoms with van der Waals surface area (Å²) in [5.74, 6) is 0.517. The Morgan fingerprint density at radius 1 is 0.452 bits per heavy atom. The van der Waals surface area contributed by atoms with E-state index in [0.717, 1.165) is 0 Å². The zero-order valence-electron chi connectivity index (χ0n) is 23.9. The predicted octanol–water partition coefficient (Wildman–Crippen LogP) is 8.56. The fraction of sp³-hybridized carbons (Fsp3) is 0.0769. The van der Waals surface area contributed by atoms with Crippen LogP contribution < -0.4 is 26.2 Å². The van der Waals surface area contributed by atoms with Crippen molar-refractivity contribution in [2.75, 3.05) is 9.80 Å². The normalized spacial score (nSPS) is 13.1. The second kappa shape index (κ2) is 9.82. The lowest BCUT2D eigenvalue weighted by atomic mass is 9.33. The van der Waals surface area contributed by atoms with Gasteiger partial charge in [-0.2, -0.15) is 0 Å². The first-order valence-electron chi connectivity index (χ1n) is 14.9. The van der Waals surface area contributed by atoms with Crippen molar-refractivity contribution >= 4 is 57.2 Å². The smallest absolute Gasteiger partial charge is 0.252 e. The number of fused-ring (bicyclic) bond motifs is 4. The molecule has 2 aliphatic rings. The van der Waals surface area contributed by atoms with E-state index in [2.05, 4.69) is 169 Å². The second-order valence-corrected chi connectivity index (χ2v) is 11.6. The summed E-state index contributed by atoms with van der Waals surface area (Å²) in [6.07, 6.45) is 0. The summed E-state index contributed by atoms with van der Waals surface area (Å²) in [5.41, 5.74) is 15.2. The summed E-state index contributed by atoms with van der Waals surface area (Å²) in [6.45, 7) is 4.62. The van der Waals surface area contributed by atoms with Gasteiger partial charge in [-0.15, -0.1) is 0 Å². The molecule has 0 spiro atoms. The van der Waals surface area contributed by atoms with Crippen LogP contribution in [0.3, 0.4) is 0 Å². The van der Waals surface area contributed by atoms with Crippen molar-refractivity contribution in [1.82, 2.24) is 0 Å². The molecule has 0 aliphatic carbocycles. The highest BCUT2D eigenvalue weighted by molar-refractivity contribution is 7.00. The minimum atomic E-state index is 0.122. The highest BCUT2D eigenvalue weighted by Gasteiger charge is 2.42. The van der Waals surface area contributed by atoms with Crippen molar-refractivity contribution in [3.05, 3.63) is 151 Å². The van der Waals surface area contributed by atoms with E-state index in [0.29, 0.717) is 5.92 Å². The third-order valence-corrected chi connectivity index (χ3v) is 8.84. The lowest BCUT2D eigenvalue weighted by Gasteiger charge is -2.44. The highest BCUT2D eigenvalue weighted by Crippen LogP contribution is 2.44. The molecule has 2 aliphatic heterocycles. The number of rotatable bonds is 4. The summed E-state index contributed by atoms with van der Waals surface area (Å²) in [4.78, 5) is 4.89. The van der Waals surface area contributed by atoms with Gasteiger partial charge in [0.2, 0.25) is 0 Å². The Bertz CT molecular complexity index is 1900. The number of hydrogen-bond donors (Lipinski definition) is 0. The quantitative estimate of drug-likeness (QED) is 0.207. The maximum absolute atomic E-state index is 2.45. The van der Waals surface area contributed by atoms with Gasteiger partial charge in [-0.1, -0.05) is 111 Å². The molecular formula is C39H31BN2. The number of benzene rings is 6. The Kier molecular flexibility index (Phi) is 5.79. The maximum atomic E-state index is 2.45. The molecular weight excluding hydrogens is 507 g/mol. The highest BCUT2D eigenvalue weighted by atomic mass is 15.2. The van der Waals surface area contributed by atoms with Crippen LogP contribution in [0.1, 0.15) is 25.3 Å². The van der Waals surface area contributed by atoms with E-state index in [4.69, 9.17) is 0 Å². The molecule has 0 fully saturated rings. The zero-order valence-corrected chi connectivity index (χ0v) is 23.9. The van der Waals surface area contributed by atoms with Gasteiger partial charge in [-0.25, -0.2) is 0 Å². The van der Waals surface area contributed by atoms with Gasteiger partial charge in [-0.3, -0.25) is 0 Å². The summed E-state index contributed by atoms with van der Waals surface area (Å²) in [7, 11) is 0. The molecule has 0 amide bonds. The lowest BCUT2D eigenvalue weighted by Crippen LogP contribution is -2.61. The molecule has 0 saturated heterocycles. The summed E-state index contributed by atoms with van der Waals surface area (Å²) < 4.78 is 0. The topological polar surface area (TPSA) is 6.48 Å². The van der Waals surface area contributed by atoms with Crippen LogP contribution in [0.25, 0.3) is 11.1 Å². The fourth-order valence-corrected chi connectivity index (χ4v) is 6.84. The summed E-state index contributed by atoms with van der Waals surface area (Å²) >= 11 is 0. The molecule has 0 bridgehead atoms. The molecule has 6 aromatic rings. The Balaban J connectivity index is 1.40. The Labute approximate surface area is 248 Å². The molecule has 0 aromatic heterocycles. The maximum Gasteiger partial charge on any atom is 0.252 e. The minimum Gasteiger partial charge on any atom is -0.311 e. The monoisotopic (exact) mass is 538 g/mol. The average molecular weight is 539 g/mol. The van der Waals surface area contributed by atoms with E-state index in [9.17, 15) is 0 Å². The first kappa shape index (κ1) is 24.8. The van der Waals surface area contributed by atoms with Gasteiger partial charge < -0.3 is 9.80 Å². The van der Waals surface area contributed by atoms with E-state index in [1.807, 2.05) is 0 Å². The molecule has 0 N–H and O–H groups in total. The number of anilines is 6. The van der Waals surface area contributed by atoms with Gasteiger partial charge >= 0.3 is 0 Å². The fourth-order valence-electron chi connectivity index (χ4n) is 6.84. The van der Waals surface area contributed by atoms with E-state index in [1.165, 1.54) is 67.2 Å². The van der Waals surface area contributed by atoms with Crippen molar-refractivity contribution in [2.24, 2.45) is 0 Å². The van der Waals surface area contributed by atoms with Crippen LogP contribution in [-0.2, 0) is 0 Å². The van der Waals surface area contributed by atoms with Crippen molar-refractivity contribution < 1.29 is 0 Å². The number of para-hydroxylation sites is 3. The van der Waals surface area contributed by atoms with Crippen molar-refractivity contribution in [2.45, 2.75) is 19.8 Å². The van der Waals surface area contributed by atoms with Crippen LogP contribution in [-0.4, -0.2) is 6.71 Å². The van der Waals surface area contributed by atoms with Crippen LogP contribution in [0, 0.1) is 0 Å². The van der Waals surface area contributed by atoms with Crippen LogP contribution in [0.4, 0.5) is 34.1 Å². The number of hydrogen-bond acceptors (Lipinski definition) is 2. The van der Waals surface area contributed by atoms with Crippen LogP contribution >= 0.6 is 0 Å². The third-order valence-electron chi connectivity index (χ3n) is 8.84. The van der Waals surface area contributed by atoms with E-state index >= 15 is 0 Å². The van der Waals surface area contributed by atoms with Crippen molar-refractivity contribution in [1.29, 1.82) is 0 Å². The molecule has 8 rings (SSSR count). The van der Waals surface area contributed by atoms with Gasteiger partial charge in [0.25, 0.3) is 6.71 Å². The standard InChI is InChI=1S/C39H31BN2/c1-27(2)28-20-22-29(23-21-28)30-24-25-36-34(26-30)40-33-16-9-10-17-35(33)41(31-12-5-3-6-13-31)37-18-11-19-38(39(37)40)42(36)32-14-7-4-8-15-32/h3-27H,1-2H3. The molecule has 3 heteroatoms. The Hall–Kier alpha value is -5.02. The van der Waals surface area contributed by atoms with Gasteiger partial charge in [0.15, 0.2) is 0 Å². The Morgan fingerprint density at radius 2 is 0.976 bits per heavy atom. The molecule has 2 heterocycles. The molecule has 0 radical (unpaired) electrons. The van der Waals surface area contributed by atoms with Gasteiger partial charge in [0.05, 0.1) is 0 Å². The Morgan fingerprint density at radius 3 is 1.60 bits per heavy atom. The average Bonchev–Trinajstić information content (AvgIpc) is 3.05. The van der Waals surface area contributed by atoms with Crippen LogP contribution in [0.2, 0.25) is 0 Å². The first-order chi connectivity index (χ1) is 20.7. The molecule has 6 aromatic carbocycles. The van der Waals surface area contributed by atoms with E-state index in [1.54, 1.807) is 0 Å². The van der Waals surface area contributed by atoms with Gasteiger partial charge in [-0.05, 0) is 87.5 Å². The van der Waals surface area contributed by atoms with Crippen LogP contribution in [0.5, 0.6) is 0 Å². The van der Waals surface area contributed by atoms with Crippen molar-refractivity contribution in [3.8, 4) is 11.1 Å². The molecule has 42 heavy (non-hydrogen) atoms. The van der Waals surface area contributed by atoms with Crippen LogP contribution in [0.15, 0.2) is 146 Å². The SMILES string of the molecule is CC(C)c1ccc(-c2ccc3c(c2)B2c4ccccc4N(c4ccccc4)c4cccc(c42)N3c2ccccc2)cc1. The minimum absolute atomic E-state index is 0.122. The van der Waals surface area contributed by atoms with E-state index in [-0.39, 0.29) is 6.71 Å². The second-order valence-electron chi connectivity index (χ2n) is 11.6. The van der Waals surface area contributed by atoms with Gasteiger partial charge in [0, 0.05) is 34.1 Å². The zero-order chi connectivity index (χ0) is 28.2. The molecule has 0 atom stereocenters. The molecule has 0 saturated carbocycles. The summed E-state index contributed by atoms with van der Waals surface area (Å²) in [6, 6.07) is 53.4. The molecule has 200 valence electrons. The predicted molar refractivity (Wildman–Crippen MR) is 180 cm³/mol. The van der Waals surface area contributed by atoms with Crippen molar-refractivity contribution in [3.63, 3.8) is 0 Å². The number of nitrogens with zero attached hydrogens (tertiary/aromatic N) is 2. The van der Waals surface area contributed by atoms with E-state index < -0.39 is 0 Å². The molecule has 2 nitrogen and oxygen atoms in total. The summed E-state index contributed by atoms with van der Waals surface area (Å²) in [5, 5.41) is 0. The third kappa shape index (κ3) is 3.81. The van der Waals surface area contributed by atoms with Gasteiger partial charge in [0.1, 0.15) is 0 Å². The first-order valence-corrected chi connectivity index (χ1v) is 14.9. The lowest BCUT2D eigenvalue weighted by molar-refractivity contribution is 0.867.